The number of rotatable bonds is 12. The van der Waals surface area contributed by atoms with Crippen LogP contribution in [0.5, 0.6) is 17.2 Å². The monoisotopic (exact) mass is 535 g/mol. The van der Waals surface area contributed by atoms with Crippen LogP contribution in [-0.2, 0) is 19.1 Å². The average molecular weight is 536 g/mol. The van der Waals surface area contributed by atoms with Gasteiger partial charge in [-0.05, 0) is 71.7 Å². The van der Waals surface area contributed by atoms with E-state index in [0.717, 1.165) is 0 Å². The molecule has 0 heterocycles. The van der Waals surface area contributed by atoms with Crippen molar-refractivity contribution in [3.8, 4) is 17.2 Å². The zero-order valence-corrected chi connectivity index (χ0v) is 20.6. The number of nitrogens with zero attached hydrogens (tertiary/aromatic N) is 1. The molecule has 11 heteroatoms. The summed E-state index contributed by atoms with van der Waals surface area (Å²) in [7, 11) is 1.27. The lowest BCUT2D eigenvalue weighted by Crippen LogP contribution is -2.24. The molecule has 2 aromatic rings. The minimum absolute atomic E-state index is 0.280. The van der Waals surface area contributed by atoms with Gasteiger partial charge in [0.25, 0.3) is 0 Å². The highest BCUT2D eigenvalue weighted by Gasteiger charge is 2.14. The Bertz CT molecular complexity index is 1030. The molecular weight excluding hydrogens is 510 g/mol. The van der Waals surface area contributed by atoms with Crippen molar-refractivity contribution < 1.29 is 33.3 Å². The van der Waals surface area contributed by atoms with Gasteiger partial charge in [-0.15, -0.1) is 0 Å². The highest BCUT2D eigenvalue weighted by molar-refractivity contribution is 9.10. The van der Waals surface area contributed by atoms with Gasteiger partial charge < -0.3 is 24.3 Å². The second-order valence-electron chi connectivity index (χ2n) is 6.60. The maximum absolute atomic E-state index is 12.1. The van der Waals surface area contributed by atoms with Gasteiger partial charge in [0.1, 0.15) is 12.2 Å². The van der Waals surface area contributed by atoms with E-state index in [9.17, 15) is 14.4 Å². The Balaban J connectivity index is 1.93. The standard InChI is InChI=1S/C23H26BrN3O7/c1-4-32-17-8-6-16(7-9-17)26-20(28)12-21(29)27-25-13-15-10-18(24)23(19(11-15)33-5-2)34-14-22(30)31-3/h6-11,13H,4-5,12,14H2,1-3H3,(H,26,28)(H,27,29). The minimum atomic E-state index is -0.582. The van der Waals surface area contributed by atoms with Crippen LogP contribution in [0.15, 0.2) is 46.0 Å². The highest BCUT2D eigenvalue weighted by Crippen LogP contribution is 2.36. The van der Waals surface area contributed by atoms with E-state index in [1.165, 1.54) is 13.3 Å². The molecule has 0 aliphatic rings. The van der Waals surface area contributed by atoms with Crippen molar-refractivity contribution in [1.29, 1.82) is 0 Å². The Kier molecular flexibility index (Phi) is 10.8. The van der Waals surface area contributed by atoms with E-state index in [-0.39, 0.29) is 6.61 Å². The molecule has 0 bridgehead atoms. The lowest BCUT2D eigenvalue weighted by molar-refractivity contribution is -0.143. The van der Waals surface area contributed by atoms with E-state index < -0.39 is 24.2 Å². The molecule has 2 aromatic carbocycles. The van der Waals surface area contributed by atoms with Crippen LogP contribution in [0, 0.1) is 0 Å². The molecule has 2 rings (SSSR count). The lowest BCUT2D eigenvalue weighted by Gasteiger charge is -2.13. The summed E-state index contributed by atoms with van der Waals surface area (Å²) in [6.07, 6.45) is 0.984. The van der Waals surface area contributed by atoms with E-state index in [1.54, 1.807) is 43.3 Å². The largest absolute Gasteiger partial charge is 0.494 e. The summed E-state index contributed by atoms with van der Waals surface area (Å²) in [5, 5.41) is 6.51. The summed E-state index contributed by atoms with van der Waals surface area (Å²) in [6, 6.07) is 10.1. The fourth-order valence-electron chi connectivity index (χ4n) is 2.63. The summed E-state index contributed by atoms with van der Waals surface area (Å²) < 4.78 is 21.5. The summed E-state index contributed by atoms with van der Waals surface area (Å²) in [5.41, 5.74) is 3.44. The van der Waals surface area contributed by atoms with Crippen molar-refractivity contribution in [3.63, 3.8) is 0 Å². The number of carbonyl (C=O) groups excluding carboxylic acids is 3. The Morgan fingerprint density at radius 3 is 2.35 bits per heavy atom. The maximum Gasteiger partial charge on any atom is 0.343 e. The van der Waals surface area contributed by atoms with Gasteiger partial charge in [0.05, 0.1) is 31.0 Å². The molecule has 0 unspecified atom stereocenters. The van der Waals surface area contributed by atoms with Crippen LogP contribution in [0.2, 0.25) is 0 Å². The molecule has 0 saturated heterocycles. The zero-order valence-electron chi connectivity index (χ0n) is 19.1. The van der Waals surface area contributed by atoms with E-state index in [4.69, 9.17) is 14.2 Å². The number of ether oxygens (including phenoxy) is 4. The van der Waals surface area contributed by atoms with Gasteiger partial charge in [-0.1, -0.05) is 0 Å². The van der Waals surface area contributed by atoms with Gasteiger partial charge >= 0.3 is 5.97 Å². The smallest absolute Gasteiger partial charge is 0.343 e. The number of esters is 1. The van der Waals surface area contributed by atoms with Gasteiger partial charge in [0.2, 0.25) is 11.8 Å². The van der Waals surface area contributed by atoms with Crippen molar-refractivity contribution in [3.05, 3.63) is 46.4 Å². The number of anilines is 1. The van der Waals surface area contributed by atoms with Crippen molar-refractivity contribution >= 4 is 45.6 Å². The Hall–Kier alpha value is -3.60. The van der Waals surface area contributed by atoms with Gasteiger partial charge in [0.15, 0.2) is 18.1 Å². The number of amides is 2. The van der Waals surface area contributed by atoms with Gasteiger partial charge in [-0.3, -0.25) is 9.59 Å². The summed E-state index contributed by atoms with van der Waals surface area (Å²) in [4.78, 5) is 35.5. The molecule has 2 amide bonds. The van der Waals surface area contributed by atoms with Crippen LogP contribution >= 0.6 is 15.9 Å². The van der Waals surface area contributed by atoms with Gasteiger partial charge in [-0.2, -0.15) is 5.10 Å². The van der Waals surface area contributed by atoms with Gasteiger partial charge in [0, 0.05) is 5.69 Å². The third-order valence-corrected chi connectivity index (χ3v) is 4.66. The number of carbonyl (C=O) groups is 3. The minimum Gasteiger partial charge on any atom is -0.494 e. The van der Waals surface area contributed by atoms with Crippen molar-refractivity contribution in [2.75, 3.05) is 32.2 Å². The first-order valence-corrected chi connectivity index (χ1v) is 11.2. The molecule has 182 valence electrons. The number of benzene rings is 2. The van der Waals surface area contributed by atoms with Crippen LogP contribution in [0.3, 0.4) is 0 Å². The number of hydrogen-bond donors (Lipinski definition) is 2. The van der Waals surface area contributed by atoms with Crippen LogP contribution in [-0.4, -0.2) is 50.9 Å². The van der Waals surface area contributed by atoms with Crippen LogP contribution in [0.25, 0.3) is 0 Å². The predicted molar refractivity (Wildman–Crippen MR) is 129 cm³/mol. The number of nitrogens with one attached hydrogen (secondary N) is 2. The third kappa shape index (κ3) is 8.74. The highest BCUT2D eigenvalue weighted by atomic mass is 79.9. The number of hydrazone groups is 1. The molecule has 0 fully saturated rings. The molecular formula is C23H26BrN3O7. The molecule has 0 aromatic heterocycles. The Morgan fingerprint density at radius 1 is 1.00 bits per heavy atom. The summed E-state index contributed by atoms with van der Waals surface area (Å²) in [5.74, 6) is -0.195. The second-order valence-corrected chi connectivity index (χ2v) is 7.46. The van der Waals surface area contributed by atoms with Crippen LogP contribution < -0.4 is 25.0 Å². The van der Waals surface area contributed by atoms with Gasteiger partial charge in [-0.25, -0.2) is 10.2 Å². The quantitative estimate of drug-likeness (QED) is 0.185. The molecule has 10 nitrogen and oxygen atoms in total. The fourth-order valence-corrected chi connectivity index (χ4v) is 3.20. The normalized spacial score (nSPS) is 10.5. The fraction of sp³-hybridized carbons (Fsp3) is 0.304. The average Bonchev–Trinajstić information content (AvgIpc) is 2.80. The van der Waals surface area contributed by atoms with Crippen molar-refractivity contribution in [2.24, 2.45) is 5.10 Å². The molecule has 2 N–H and O–H groups in total. The van der Waals surface area contributed by atoms with E-state index in [0.29, 0.717) is 46.2 Å². The molecule has 34 heavy (non-hydrogen) atoms. The number of hydrogen-bond acceptors (Lipinski definition) is 8. The number of halogens is 1. The molecule has 0 saturated carbocycles. The van der Waals surface area contributed by atoms with Crippen molar-refractivity contribution in [1.82, 2.24) is 5.43 Å². The van der Waals surface area contributed by atoms with Crippen LogP contribution in [0.1, 0.15) is 25.8 Å². The third-order valence-electron chi connectivity index (χ3n) is 4.07. The topological polar surface area (TPSA) is 125 Å². The molecule has 0 aliphatic carbocycles. The molecule has 0 aliphatic heterocycles. The first-order chi connectivity index (χ1) is 16.4. The maximum atomic E-state index is 12.1. The second kappa shape index (κ2) is 13.8. The van der Waals surface area contributed by atoms with Crippen LogP contribution in [0.4, 0.5) is 5.69 Å². The predicted octanol–water partition coefficient (Wildman–Crippen LogP) is 3.28. The Labute approximate surface area is 205 Å². The molecule has 0 spiro atoms. The first kappa shape index (κ1) is 26.7. The SMILES string of the molecule is CCOc1ccc(NC(=O)CC(=O)NN=Cc2cc(Br)c(OCC(=O)OC)c(OCC)c2)cc1. The molecule has 0 radical (unpaired) electrons. The number of methoxy groups -OCH3 is 1. The van der Waals surface area contributed by atoms with E-state index >= 15 is 0 Å². The Morgan fingerprint density at radius 2 is 1.71 bits per heavy atom. The summed E-state index contributed by atoms with van der Waals surface area (Å²) >= 11 is 3.37. The zero-order chi connectivity index (χ0) is 24.9. The molecule has 0 atom stereocenters. The van der Waals surface area contributed by atoms with E-state index in [1.807, 2.05) is 6.92 Å². The van der Waals surface area contributed by atoms with Crippen molar-refractivity contribution in [2.45, 2.75) is 20.3 Å². The first-order valence-electron chi connectivity index (χ1n) is 10.4. The van der Waals surface area contributed by atoms with E-state index in [2.05, 4.69) is 36.5 Å². The summed E-state index contributed by atoms with van der Waals surface area (Å²) in [6.45, 7) is 4.31. The lowest BCUT2D eigenvalue weighted by atomic mass is 10.2.